The monoisotopic (exact) mass is 291 g/mol. The van der Waals surface area contributed by atoms with Crippen LogP contribution in [0.2, 0.25) is 0 Å². The molecule has 0 bridgehead atoms. The van der Waals surface area contributed by atoms with Crippen LogP contribution in [0.4, 0.5) is 5.82 Å². The Morgan fingerprint density at radius 3 is 2.68 bits per heavy atom. The topological polar surface area (TPSA) is 109 Å². The maximum absolute atomic E-state index is 6.07. The summed E-state index contributed by atoms with van der Waals surface area (Å²) in [7, 11) is 0. The third kappa shape index (κ3) is 1.99. The van der Waals surface area contributed by atoms with Crippen molar-refractivity contribution in [3.05, 3.63) is 42.4 Å². The summed E-state index contributed by atoms with van der Waals surface area (Å²) in [6, 6.07) is 9.86. The second kappa shape index (κ2) is 4.66. The van der Waals surface area contributed by atoms with Gasteiger partial charge in [0.2, 0.25) is 0 Å². The molecule has 0 aliphatic carbocycles. The molecule has 0 fully saturated rings. The summed E-state index contributed by atoms with van der Waals surface area (Å²) in [6.07, 6.45) is 1.72. The first-order valence-electron chi connectivity index (χ1n) is 6.80. The number of aromatic amines is 2. The number of hydrogen-bond donors (Lipinski definition) is 3. The van der Waals surface area contributed by atoms with Crippen molar-refractivity contribution in [3.63, 3.8) is 0 Å². The molecule has 22 heavy (non-hydrogen) atoms. The molecule has 7 heteroatoms. The number of pyridine rings is 1. The number of rotatable bonds is 2. The highest BCUT2D eigenvalue weighted by Gasteiger charge is 2.11. The molecule has 108 valence electrons. The number of nitrogens with two attached hydrogens (primary N) is 1. The van der Waals surface area contributed by atoms with Crippen LogP contribution >= 0.6 is 0 Å². The Morgan fingerprint density at radius 1 is 1.05 bits per heavy atom. The number of anilines is 1. The van der Waals surface area contributed by atoms with Crippen LogP contribution < -0.4 is 5.73 Å². The van der Waals surface area contributed by atoms with Crippen molar-refractivity contribution in [2.45, 2.75) is 6.92 Å². The summed E-state index contributed by atoms with van der Waals surface area (Å²) in [5.41, 5.74) is 9.57. The first-order chi connectivity index (χ1) is 10.7. The van der Waals surface area contributed by atoms with E-state index in [1.807, 2.05) is 37.3 Å². The smallest absolute Gasteiger partial charge is 0.184 e. The van der Waals surface area contributed by atoms with Gasteiger partial charge >= 0.3 is 0 Å². The maximum Gasteiger partial charge on any atom is 0.184 e. The fourth-order valence-electron chi connectivity index (χ4n) is 2.41. The molecular weight excluding hydrogens is 278 g/mol. The van der Waals surface area contributed by atoms with Gasteiger partial charge in [-0.2, -0.15) is 10.2 Å². The van der Waals surface area contributed by atoms with Crippen LogP contribution in [0.1, 0.15) is 5.82 Å². The van der Waals surface area contributed by atoms with E-state index in [2.05, 4.69) is 30.4 Å². The van der Waals surface area contributed by atoms with Gasteiger partial charge in [0, 0.05) is 17.1 Å². The van der Waals surface area contributed by atoms with E-state index in [0.29, 0.717) is 11.6 Å². The van der Waals surface area contributed by atoms with E-state index in [-0.39, 0.29) is 0 Å². The Balaban J connectivity index is 1.87. The average molecular weight is 291 g/mol. The van der Waals surface area contributed by atoms with Crippen molar-refractivity contribution in [1.82, 2.24) is 30.4 Å². The second-order valence-electron chi connectivity index (χ2n) is 5.04. The third-order valence-corrected chi connectivity index (χ3v) is 3.50. The SMILES string of the molecule is Cc1nc(-c2cc3ccc(-c4ccn[nH]4)cc3nc2N)n[nH]1. The highest BCUT2D eigenvalue weighted by atomic mass is 15.2. The fourth-order valence-corrected chi connectivity index (χ4v) is 2.41. The highest BCUT2D eigenvalue weighted by Crippen LogP contribution is 2.28. The molecule has 0 aliphatic rings. The number of nitrogens with zero attached hydrogens (tertiary/aromatic N) is 4. The van der Waals surface area contributed by atoms with Gasteiger partial charge in [0.05, 0.1) is 16.8 Å². The van der Waals surface area contributed by atoms with Gasteiger partial charge in [-0.3, -0.25) is 10.2 Å². The molecule has 0 radical (unpaired) electrons. The van der Waals surface area contributed by atoms with Gasteiger partial charge in [-0.25, -0.2) is 9.97 Å². The van der Waals surface area contributed by atoms with E-state index < -0.39 is 0 Å². The summed E-state index contributed by atoms with van der Waals surface area (Å²) in [4.78, 5) is 8.79. The Kier molecular flexibility index (Phi) is 2.65. The van der Waals surface area contributed by atoms with E-state index in [1.165, 1.54) is 0 Å². The Bertz CT molecular complexity index is 953. The first kappa shape index (κ1) is 12.5. The second-order valence-corrected chi connectivity index (χ2v) is 5.04. The standard InChI is InChI=1S/C15H13N7/c1-8-18-15(22-20-8)11-6-9-2-3-10(12-4-5-17-21-12)7-13(9)19-14(11)16/h2-7H,1H3,(H2,16,19)(H,17,21)(H,18,20,22). The molecular formula is C15H13N7. The number of H-pyrrole nitrogens is 2. The molecule has 0 spiro atoms. The third-order valence-electron chi connectivity index (χ3n) is 3.50. The number of nitrogens with one attached hydrogen (secondary N) is 2. The number of fused-ring (bicyclic) bond motifs is 1. The zero-order valence-electron chi connectivity index (χ0n) is 11.8. The van der Waals surface area contributed by atoms with E-state index in [9.17, 15) is 0 Å². The lowest BCUT2D eigenvalue weighted by molar-refractivity contribution is 1.04. The minimum Gasteiger partial charge on any atom is -0.383 e. The van der Waals surface area contributed by atoms with Crippen LogP contribution in [0, 0.1) is 6.92 Å². The van der Waals surface area contributed by atoms with Gasteiger partial charge in [-0.1, -0.05) is 12.1 Å². The van der Waals surface area contributed by atoms with E-state index in [0.717, 1.165) is 33.5 Å². The number of benzene rings is 1. The first-order valence-corrected chi connectivity index (χ1v) is 6.80. The van der Waals surface area contributed by atoms with E-state index in [4.69, 9.17) is 5.73 Å². The molecule has 0 aliphatic heterocycles. The zero-order valence-corrected chi connectivity index (χ0v) is 11.8. The quantitative estimate of drug-likeness (QED) is 0.525. The van der Waals surface area contributed by atoms with Gasteiger partial charge in [-0.05, 0) is 25.1 Å². The zero-order chi connectivity index (χ0) is 15.1. The van der Waals surface area contributed by atoms with E-state index in [1.54, 1.807) is 6.20 Å². The molecule has 4 rings (SSSR count). The predicted octanol–water partition coefficient (Wildman–Crippen LogP) is 2.30. The van der Waals surface area contributed by atoms with Crippen molar-refractivity contribution in [1.29, 1.82) is 0 Å². The lowest BCUT2D eigenvalue weighted by Gasteiger charge is -2.06. The summed E-state index contributed by atoms with van der Waals surface area (Å²) in [6.45, 7) is 1.85. The van der Waals surface area contributed by atoms with Gasteiger partial charge in [0.15, 0.2) is 5.82 Å². The molecule has 7 nitrogen and oxygen atoms in total. The summed E-state index contributed by atoms with van der Waals surface area (Å²) < 4.78 is 0. The van der Waals surface area contributed by atoms with Gasteiger partial charge in [0.1, 0.15) is 11.6 Å². The predicted molar refractivity (Wildman–Crippen MR) is 83.9 cm³/mol. The highest BCUT2D eigenvalue weighted by molar-refractivity contribution is 5.89. The Hall–Kier alpha value is -3.22. The molecule has 0 saturated heterocycles. The Labute approximate surface area is 125 Å². The minimum atomic E-state index is 0.410. The lowest BCUT2D eigenvalue weighted by atomic mass is 10.1. The van der Waals surface area contributed by atoms with Crippen molar-refractivity contribution in [2.24, 2.45) is 0 Å². The maximum atomic E-state index is 6.07. The number of aromatic nitrogens is 6. The van der Waals surface area contributed by atoms with Crippen LogP contribution in [-0.2, 0) is 0 Å². The van der Waals surface area contributed by atoms with Crippen molar-refractivity contribution in [3.8, 4) is 22.6 Å². The molecule has 4 aromatic rings. The minimum absolute atomic E-state index is 0.410. The van der Waals surface area contributed by atoms with Gasteiger partial charge < -0.3 is 5.73 Å². The van der Waals surface area contributed by atoms with Gasteiger partial charge in [-0.15, -0.1) is 0 Å². The van der Waals surface area contributed by atoms with E-state index >= 15 is 0 Å². The summed E-state index contributed by atoms with van der Waals surface area (Å²) >= 11 is 0. The number of nitrogen functional groups attached to an aromatic ring is 1. The van der Waals surface area contributed by atoms with Crippen LogP contribution in [0.5, 0.6) is 0 Å². The Morgan fingerprint density at radius 2 is 1.95 bits per heavy atom. The van der Waals surface area contributed by atoms with Crippen LogP contribution in [0.25, 0.3) is 33.5 Å². The fraction of sp³-hybridized carbons (Fsp3) is 0.0667. The normalized spacial score (nSPS) is 11.1. The van der Waals surface area contributed by atoms with Crippen LogP contribution in [0.3, 0.4) is 0 Å². The largest absolute Gasteiger partial charge is 0.383 e. The molecule has 0 atom stereocenters. The molecule has 0 amide bonds. The molecule has 3 aromatic heterocycles. The number of aryl methyl sites for hydroxylation is 1. The average Bonchev–Trinajstić information content (AvgIpc) is 3.17. The van der Waals surface area contributed by atoms with Crippen molar-refractivity contribution >= 4 is 16.7 Å². The number of hydrogen-bond acceptors (Lipinski definition) is 5. The molecule has 4 N–H and O–H groups in total. The van der Waals surface area contributed by atoms with Gasteiger partial charge in [0.25, 0.3) is 0 Å². The molecule has 3 heterocycles. The summed E-state index contributed by atoms with van der Waals surface area (Å²) in [5, 5.41) is 14.8. The summed E-state index contributed by atoms with van der Waals surface area (Å²) in [5.74, 6) is 1.71. The molecule has 1 aromatic carbocycles. The van der Waals surface area contributed by atoms with Crippen molar-refractivity contribution < 1.29 is 0 Å². The molecule has 0 saturated carbocycles. The lowest BCUT2D eigenvalue weighted by Crippen LogP contribution is -1.96. The molecule has 0 unspecified atom stereocenters. The van der Waals surface area contributed by atoms with Crippen LogP contribution in [-0.4, -0.2) is 30.4 Å². The van der Waals surface area contributed by atoms with Crippen molar-refractivity contribution in [2.75, 3.05) is 5.73 Å². The van der Waals surface area contributed by atoms with Crippen LogP contribution in [0.15, 0.2) is 36.5 Å².